The molecule has 0 fully saturated rings. The molecule has 1 N–H and O–H groups in total. The maximum absolute atomic E-state index is 6.21. The highest BCUT2D eigenvalue weighted by molar-refractivity contribution is 9.10. The summed E-state index contributed by atoms with van der Waals surface area (Å²) in [4.78, 5) is 0. The highest BCUT2D eigenvalue weighted by atomic mass is 79.9. The van der Waals surface area contributed by atoms with Crippen LogP contribution in [0.25, 0.3) is 0 Å². The van der Waals surface area contributed by atoms with E-state index in [0.29, 0.717) is 16.6 Å². The van der Waals surface area contributed by atoms with Crippen LogP contribution in [0.3, 0.4) is 0 Å². The van der Waals surface area contributed by atoms with Crippen molar-refractivity contribution in [1.82, 2.24) is 5.32 Å². The van der Waals surface area contributed by atoms with Gasteiger partial charge in [0.25, 0.3) is 0 Å². The smallest absolute Gasteiger partial charge is 0.166 e. The Hall–Kier alpha value is -0.940. The molecule has 0 bridgehead atoms. The van der Waals surface area contributed by atoms with E-state index >= 15 is 0 Å². The standard InChI is InChI=1S/C19H22BrCl2NO2/c1-12(2)25-19-14(8-15(20)9-18(19)24-3)11-23-7-6-13-4-5-16(21)10-17(13)22/h4-5,8-10,12,23H,6-7,11H2,1-3H3. The molecule has 6 heteroatoms. The van der Waals surface area contributed by atoms with E-state index in [1.54, 1.807) is 13.2 Å². The van der Waals surface area contributed by atoms with Crippen LogP contribution in [0.2, 0.25) is 10.0 Å². The second-order valence-corrected chi connectivity index (χ2v) is 7.68. The number of methoxy groups -OCH3 is 1. The van der Waals surface area contributed by atoms with Crippen molar-refractivity contribution in [3.63, 3.8) is 0 Å². The topological polar surface area (TPSA) is 30.5 Å². The van der Waals surface area contributed by atoms with Crippen molar-refractivity contribution in [2.24, 2.45) is 0 Å². The average molecular weight is 447 g/mol. The van der Waals surface area contributed by atoms with Crippen LogP contribution in [0.15, 0.2) is 34.8 Å². The Morgan fingerprint density at radius 3 is 2.52 bits per heavy atom. The van der Waals surface area contributed by atoms with Crippen molar-refractivity contribution in [2.45, 2.75) is 32.9 Å². The number of rotatable bonds is 8. The highest BCUT2D eigenvalue weighted by Gasteiger charge is 2.14. The van der Waals surface area contributed by atoms with Crippen LogP contribution in [0.5, 0.6) is 11.5 Å². The zero-order valence-corrected chi connectivity index (χ0v) is 17.6. The third-order valence-corrected chi connectivity index (χ3v) is 4.62. The summed E-state index contributed by atoms with van der Waals surface area (Å²) in [5.41, 5.74) is 2.12. The van der Waals surface area contributed by atoms with Gasteiger partial charge >= 0.3 is 0 Å². The van der Waals surface area contributed by atoms with Gasteiger partial charge in [-0.25, -0.2) is 0 Å². The maximum Gasteiger partial charge on any atom is 0.166 e. The van der Waals surface area contributed by atoms with Gasteiger partial charge in [-0.2, -0.15) is 0 Å². The van der Waals surface area contributed by atoms with Gasteiger partial charge in [0, 0.05) is 26.6 Å². The van der Waals surface area contributed by atoms with Crippen LogP contribution in [0.1, 0.15) is 25.0 Å². The Bertz CT molecular complexity index is 723. The number of ether oxygens (including phenoxy) is 2. The van der Waals surface area contributed by atoms with E-state index in [1.807, 2.05) is 38.1 Å². The summed E-state index contributed by atoms with van der Waals surface area (Å²) >= 11 is 15.7. The first-order valence-corrected chi connectivity index (χ1v) is 9.63. The summed E-state index contributed by atoms with van der Waals surface area (Å²) in [6, 6.07) is 9.54. The Labute approximate surface area is 167 Å². The Morgan fingerprint density at radius 1 is 1.12 bits per heavy atom. The quantitative estimate of drug-likeness (QED) is 0.513. The minimum absolute atomic E-state index is 0.0710. The largest absolute Gasteiger partial charge is 0.493 e. The molecule has 2 aromatic rings. The van der Waals surface area contributed by atoms with Crippen LogP contribution >= 0.6 is 39.1 Å². The fourth-order valence-corrected chi connectivity index (χ4v) is 3.43. The van der Waals surface area contributed by atoms with Gasteiger partial charge in [-0.1, -0.05) is 45.2 Å². The molecular weight excluding hydrogens is 425 g/mol. The summed E-state index contributed by atoms with van der Waals surface area (Å²) in [6.07, 6.45) is 0.892. The van der Waals surface area contributed by atoms with Crippen molar-refractivity contribution in [1.29, 1.82) is 0 Å². The van der Waals surface area contributed by atoms with Gasteiger partial charge in [0.15, 0.2) is 11.5 Å². The third kappa shape index (κ3) is 6.07. The molecule has 0 saturated heterocycles. The first-order valence-electron chi connectivity index (χ1n) is 8.08. The van der Waals surface area contributed by atoms with Gasteiger partial charge in [0.1, 0.15) is 0 Å². The number of nitrogens with one attached hydrogen (secondary N) is 1. The Morgan fingerprint density at radius 2 is 1.88 bits per heavy atom. The second-order valence-electron chi connectivity index (χ2n) is 5.93. The third-order valence-electron chi connectivity index (χ3n) is 3.57. The summed E-state index contributed by atoms with van der Waals surface area (Å²) in [5, 5.41) is 4.78. The van der Waals surface area contributed by atoms with E-state index in [2.05, 4.69) is 21.2 Å². The van der Waals surface area contributed by atoms with Gasteiger partial charge in [-0.15, -0.1) is 0 Å². The number of benzene rings is 2. The van der Waals surface area contributed by atoms with E-state index in [9.17, 15) is 0 Å². The van der Waals surface area contributed by atoms with Crippen molar-refractivity contribution < 1.29 is 9.47 Å². The lowest BCUT2D eigenvalue weighted by molar-refractivity contribution is 0.227. The van der Waals surface area contributed by atoms with E-state index in [-0.39, 0.29) is 6.10 Å². The van der Waals surface area contributed by atoms with E-state index < -0.39 is 0 Å². The average Bonchev–Trinajstić information content (AvgIpc) is 2.54. The minimum Gasteiger partial charge on any atom is -0.493 e. The van der Waals surface area contributed by atoms with Crippen LogP contribution in [0, 0.1) is 0 Å². The number of hydrogen-bond acceptors (Lipinski definition) is 3. The molecule has 0 aliphatic rings. The molecule has 2 rings (SSSR count). The number of hydrogen-bond donors (Lipinski definition) is 1. The van der Waals surface area contributed by atoms with E-state index in [4.69, 9.17) is 32.7 Å². The lowest BCUT2D eigenvalue weighted by Gasteiger charge is -2.18. The Kier molecular flexibility index (Phi) is 7.88. The zero-order chi connectivity index (χ0) is 18.4. The lowest BCUT2D eigenvalue weighted by Crippen LogP contribution is -2.18. The van der Waals surface area contributed by atoms with Crippen LogP contribution in [-0.2, 0) is 13.0 Å². The van der Waals surface area contributed by atoms with Gasteiger partial charge < -0.3 is 14.8 Å². The fourth-order valence-electron chi connectivity index (χ4n) is 2.45. The van der Waals surface area contributed by atoms with Crippen molar-refractivity contribution in [3.8, 4) is 11.5 Å². The maximum atomic E-state index is 6.21. The molecule has 136 valence electrons. The molecule has 0 saturated carbocycles. The SMILES string of the molecule is COc1cc(Br)cc(CNCCc2ccc(Cl)cc2Cl)c1OC(C)C. The predicted octanol–water partition coefficient (Wildman–Crippen LogP) is 5.88. The van der Waals surface area contributed by atoms with Crippen LogP contribution < -0.4 is 14.8 Å². The minimum atomic E-state index is 0.0710. The van der Waals surface area contributed by atoms with Gasteiger partial charge in [-0.05, 0) is 56.6 Å². The summed E-state index contributed by atoms with van der Waals surface area (Å²) in [5.74, 6) is 1.50. The lowest BCUT2D eigenvalue weighted by atomic mass is 10.1. The molecule has 0 spiro atoms. The predicted molar refractivity (Wildman–Crippen MR) is 108 cm³/mol. The normalized spacial score (nSPS) is 11.0. The van der Waals surface area contributed by atoms with Crippen LogP contribution in [0.4, 0.5) is 0 Å². The second kappa shape index (κ2) is 9.67. The molecule has 0 aromatic heterocycles. The highest BCUT2D eigenvalue weighted by Crippen LogP contribution is 2.35. The molecule has 0 radical (unpaired) electrons. The summed E-state index contributed by atoms with van der Waals surface area (Å²) < 4.78 is 12.4. The molecule has 0 amide bonds. The first kappa shape index (κ1) is 20.4. The molecular formula is C19H22BrCl2NO2. The zero-order valence-electron chi connectivity index (χ0n) is 14.5. The molecule has 0 heterocycles. The molecule has 0 atom stereocenters. The fraction of sp³-hybridized carbons (Fsp3) is 0.368. The summed E-state index contributed by atoms with van der Waals surface area (Å²) in [6.45, 7) is 5.46. The van der Waals surface area contributed by atoms with Crippen molar-refractivity contribution in [3.05, 3.63) is 56.0 Å². The first-order chi connectivity index (χ1) is 11.9. The van der Waals surface area contributed by atoms with Gasteiger partial charge in [-0.3, -0.25) is 0 Å². The molecule has 25 heavy (non-hydrogen) atoms. The van der Waals surface area contributed by atoms with E-state index in [0.717, 1.165) is 40.1 Å². The summed E-state index contributed by atoms with van der Waals surface area (Å²) in [7, 11) is 1.65. The number of halogens is 3. The van der Waals surface area contributed by atoms with Crippen molar-refractivity contribution >= 4 is 39.1 Å². The van der Waals surface area contributed by atoms with Gasteiger partial charge in [0.2, 0.25) is 0 Å². The Balaban J connectivity index is 2.03. The van der Waals surface area contributed by atoms with Crippen LogP contribution in [-0.4, -0.2) is 19.8 Å². The van der Waals surface area contributed by atoms with Gasteiger partial charge in [0.05, 0.1) is 13.2 Å². The monoisotopic (exact) mass is 445 g/mol. The molecule has 0 unspecified atom stereocenters. The molecule has 0 aliphatic heterocycles. The molecule has 2 aromatic carbocycles. The molecule has 3 nitrogen and oxygen atoms in total. The molecule has 0 aliphatic carbocycles. The van der Waals surface area contributed by atoms with E-state index in [1.165, 1.54) is 0 Å². The van der Waals surface area contributed by atoms with Crippen molar-refractivity contribution in [2.75, 3.05) is 13.7 Å².